The highest BCUT2D eigenvalue weighted by Gasteiger charge is 1.98. The van der Waals surface area contributed by atoms with Gasteiger partial charge in [0.2, 0.25) is 0 Å². The zero-order chi connectivity index (χ0) is 11.4. The van der Waals surface area contributed by atoms with Crippen LogP contribution in [-0.2, 0) is 13.1 Å². The molecule has 0 spiro atoms. The largest absolute Gasteiger partial charge is 0.308 e. The molecule has 1 N–H and O–H groups in total. The molecule has 84 valence electrons. The monoisotopic (exact) mass is 233 g/mol. The van der Waals surface area contributed by atoms with Gasteiger partial charge in [0.25, 0.3) is 0 Å². The van der Waals surface area contributed by atoms with E-state index in [2.05, 4.69) is 36.1 Å². The maximum Gasteiger partial charge on any atom is 0.0538 e. The number of hydrogen-bond acceptors (Lipinski definition) is 3. The summed E-state index contributed by atoms with van der Waals surface area (Å²) >= 11 is 1.83. The van der Waals surface area contributed by atoms with Crippen LogP contribution in [0.2, 0.25) is 0 Å². The Hall–Kier alpha value is -1.39. The Morgan fingerprint density at radius 3 is 3.00 bits per heavy atom. The second-order valence-electron chi connectivity index (χ2n) is 3.63. The molecule has 0 radical (unpaired) electrons. The van der Waals surface area contributed by atoms with E-state index in [1.807, 2.05) is 23.7 Å². The van der Waals surface area contributed by atoms with Crippen LogP contribution in [0, 0.1) is 6.92 Å². The van der Waals surface area contributed by atoms with E-state index < -0.39 is 0 Å². The van der Waals surface area contributed by atoms with Gasteiger partial charge in [0, 0.05) is 40.8 Å². The predicted octanol–water partition coefficient (Wildman–Crippen LogP) is 2.64. The van der Waals surface area contributed by atoms with Crippen molar-refractivity contribution in [2.24, 2.45) is 0 Å². The molecule has 0 aromatic carbocycles. The first kappa shape index (κ1) is 11.1. The Bertz CT molecular complexity index is 470. The second-order valence-corrected chi connectivity index (χ2v) is 5.00. The fourth-order valence-corrected chi connectivity index (χ4v) is 2.34. The minimum atomic E-state index is 0.838. The molecule has 0 atom stereocenters. The van der Waals surface area contributed by atoms with Gasteiger partial charge in [-0.05, 0) is 19.1 Å². The van der Waals surface area contributed by atoms with Gasteiger partial charge in [-0.3, -0.25) is 0 Å². The number of nitrogens with zero attached hydrogens (tertiary/aromatic N) is 2. The van der Waals surface area contributed by atoms with Crippen molar-refractivity contribution in [1.82, 2.24) is 15.1 Å². The average Bonchev–Trinajstić information content (AvgIpc) is 2.88. The Kier molecular flexibility index (Phi) is 3.54. The molecule has 0 fully saturated rings. The highest BCUT2D eigenvalue weighted by atomic mass is 32.1. The Morgan fingerprint density at radius 2 is 2.38 bits per heavy atom. The lowest BCUT2D eigenvalue weighted by molar-refractivity contribution is 0.701. The first-order chi connectivity index (χ1) is 7.78. The summed E-state index contributed by atoms with van der Waals surface area (Å²) in [6.45, 7) is 7.54. The molecule has 0 unspecified atom stereocenters. The van der Waals surface area contributed by atoms with E-state index in [-0.39, 0.29) is 0 Å². The fourth-order valence-electron chi connectivity index (χ4n) is 1.48. The first-order valence-corrected chi connectivity index (χ1v) is 6.01. The van der Waals surface area contributed by atoms with Crippen LogP contribution in [0.3, 0.4) is 0 Å². The lowest BCUT2D eigenvalue weighted by Crippen LogP contribution is -2.11. The number of aryl methyl sites for hydroxylation is 1. The van der Waals surface area contributed by atoms with E-state index in [0.29, 0.717) is 0 Å². The van der Waals surface area contributed by atoms with Crippen molar-refractivity contribution in [1.29, 1.82) is 0 Å². The standard InChI is InChI=1S/C12H15N3S/c1-3-15-9-11(7-14-15)6-13-8-12-5-4-10(2)16-12/h3-5,7,9,13H,1,6,8H2,2H3. The van der Waals surface area contributed by atoms with Gasteiger partial charge in [-0.1, -0.05) is 6.58 Å². The van der Waals surface area contributed by atoms with Crippen molar-refractivity contribution in [3.8, 4) is 0 Å². The van der Waals surface area contributed by atoms with Crippen molar-refractivity contribution in [2.45, 2.75) is 20.0 Å². The molecule has 0 bridgehead atoms. The molecule has 0 saturated heterocycles. The van der Waals surface area contributed by atoms with Crippen molar-refractivity contribution >= 4 is 17.5 Å². The van der Waals surface area contributed by atoms with Gasteiger partial charge in [0.05, 0.1) is 6.20 Å². The number of aromatic nitrogens is 2. The number of hydrogen-bond donors (Lipinski definition) is 1. The zero-order valence-corrected chi connectivity index (χ0v) is 10.1. The summed E-state index contributed by atoms with van der Waals surface area (Å²) in [4.78, 5) is 2.73. The van der Waals surface area contributed by atoms with Crippen LogP contribution < -0.4 is 5.32 Å². The van der Waals surface area contributed by atoms with Gasteiger partial charge in [-0.15, -0.1) is 11.3 Å². The quantitative estimate of drug-likeness (QED) is 0.860. The Balaban J connectivity index is 1.81. The number of rotatable bonds is 5. The molecule has 3 nitrogen and oxygen atoms in total. The minimum absolute atomic E-state index is 0.838. The van der Waals surface area contributed by atoms with E-state index in [1.165, 1.54) is 15.3 Å². The third-order valence-electron chi connectivity index (χ3n) is 2.27. The molecule has 4 heteroatoms. The van der Waals surface area contributed by atoms with Gasteiger partial charge in [-0.25, -0.2) is 4.68 Å². The molecule has 2 heterocycles. The summed E-state index contributed by atoms with van der Waals surface area (Å²) in [6, 6.07) is 4.32. The topological polar surface area (TPSA) is 29.9 Å². The molecule has 0 amide bonds. The second kappa shape index (κ2) is 5.09. The van der Waals surface area contributed by atoms with E-state index in [0.717, 1.165) is 13.1 Å². The number of thiophene rings is 1. The first-order valence-electron chi connectivity index (χ1n) is 5.19. The summed E-state index contributed by atoms with van der Waals surface area (Å²) in [7, 11) is 0. The van der Waals surface area contributed by atoms with Crippen molar-refractivity contribution in [3.05, 3.63) is 46.4 Å². The summed E-state index contributed by atoms with van der Waals surface area (Å²) in [6.07, 6.45) is 5.51. The molecule has 0 aliphatic heterocycles. The fraction of sp³-hybridized carbons (Fsp3) is 0.250. The molecular weight excluding hydrogens is 218 g/mol. The van der Waals surface area contributed by atoms with E-state index in [4.69, 9.17) is 0 Å². The minimum Gasteiger partial charge on any atom is -0.308 e. The van der Waals surface area contributed by atoms with Crippen LogP contribution in [0.5, 0.6) is 0 Å². The molecular formula is C12H15N3S. The lowest BCUT2D eigenvalue weighted by Gasteiger charge is -1.99. The van der Waals surface area contributed by atoms with Crippen molar-refractivity contribution in [3.63, 3.8) is 0 Å². The summed E-state index contributed by atoms with van der Waals surface area (Å²) in [5.74, 6) is 0. The summed E-state index contributed by atoms with van der Waals surface area (Å²) < 4.78 is 1.71. The highest BCUT2D eigenvalue weighted by molar-refractivity contribution is 7.11. The van der Waals surface area contributed by atoms with Crippen LogP contribution >= 0.6 is 11.3 Å². The molecule has 0 aliphatic rings. The maximum absolute atomic E-state index is 4.13. The molecule has 16 heavy (non-hydrogen) atoms. The smallest absolute Gasteiger partial charge is 0.0538 e. The van der Waals surface area contributed by atoms with E-state index in [1.54, 1.807) is 10.9 Å². The van der Waals surface area contributed by atoms with Gasteiger partial charge in [0.1, 0.15) is 0 Å². The maximum atomic E-state index is 4.13. The van der Waals surface area contributed by atoms with Crippen LogP contribution in [0.25, 0.3) is 6.20 Å². The van der Waals surface area contributed by atoms with E-state index >= 15 is 0 Å². The van der Waals surface area contributed by atoms with Gasteiger partial charge in [-0.2, -0.15) is 5.10 Å². The van der Waals surface area contributed by atoms with E-state index in [9.17, 15) is 0 Å². The summed E-state index contributed by atoms with van der Waals surface area (Å²) in [5.41, 5.74) is 1.17. The van der Waals surface area contributed by atoms with Crippen LogP contribution in [0.1, 0.15) is 15.3 Å². The Labute approximate surface area is 99.4 Å². The SMILES string of the molecule is C=Cn1cc(CNCc2ccc(C)s2)cn1. The van der Waals surface area contributed by atoms with Gasteiger partial charge < -0.3 is 5.32 Å². The summed E-state index contributed by atoms with van der Waals surface area (Å²) in [5, 5.41) is 7.52. The van der Waals surface area contributed by atoms with Gasteiger partial charge in [0.15, 0.2) is 0 Å². The normalized spacial score (nSPS) is 10.6. The molecule has 0 saturated carbocycles. The molecule has 2 aromatic heterocycles. The van der Waals surface area contributed by atoms with Crippen molar-refractivity contribution < 1.29 is 0 Å². The molecule has 0 aliphatic carbocycles. The number of nitrogens with one attached hydrogen (secondary N) is 1. The third-order valence-corrected chi connectivity index (χ3v) is 3.27. The highest BCUT2D eigenvalue weighted by Crippen LogP contribution is 2.14. The Morgan fingerprint density at radius 1 is 1.50 bits per heavy atom. The third kappa shape index (κ3) is 2.81. The molecule has 2 rings (SSSR count). The van der Waals surface area contributed by atoms with Gasteiger partial charge >= 0.3 is 0 Å². The molecule has 2 aromatic rings. The average molecular weight is 233 g/mol. The zero-order valence-electron chi connectivity index (χ0n) is 9.31. The van der Waals surface area contributed by atoms with Crippen LogP contribution in [0.15, 0.2) is 31.1 Å². The van der Waals surface area contributed by atoms with Crippen LogP contribution in [0.4, 0.5) is 0 Å². The van der Waals surface area contributed by atoms with Crippen molar-refractivity contribution in [2.75, 3.05) is 0 Å². The lowest BCUT2D eigenvalue weighted by atomic mass is 10.3. The predicted molar refractivity (Wildman–Crippen MR) is 68.2 cm³/mol. The van der Waals surface area contributed by atoms with Crippen LogP contribution in [-0.4, -0.2) is 9.78 Å².